The number of carbonyl (C=O) groups excluding carboxylic acids is 1. The lowest BCUT2D eigenvalue weighted by molar-refractivity contribution is -0.137. The molecule has 0 radical (unpaired) electrons. The number of rotatable bonds is 8. The molecule has 0 fully saturated rings. The van der Waals surface area contributed by atoms with E-state index in [0.717, 1.165) is 22.9 Å². The van der Waals surface area contributed by atoms with Crippen LogP contribution in [0.2, 0.25) is 0 Å². The van der Waals surface area contributed by atoms with Gasteiger partial charge in [0.15, 0.2) is 5.78 Å². The Hall–Kier alpha value is -1.88. The molecular weight excluding hydrogens is 288 g/mol. The number of benzene rings is 1. The van der Waals surface area contributed by atoms with Gasteiger partial charge >= 0.3 is 5.97 Å². The predicted octanol–water partition coefficient (Wildman–Crippen LogP) is 4.13. The van der Waals surface area contributed by atoms with Gasteiger partial charge in [0.25, 0.3) is 0 Å². The molecule has 112 valence electrons. The molecule has 1 heterocycles. The summed E-state index contributed by atoms with van der Waals surface area (Å²) in [6.07, 6.45) is 2.45. The van der Waals surface area contributed by atoms with Crippen molar-refractivity contribution in [3.63, 3.8) is 0 Å². The number of unbranched alkanes of at least 4 members (excludes halogenated alkanes) is 2. The third-order valence-corrected chi connectivity index (χ3v) is 4.40. The van der Waals surface area contributed by atoms with Crippen molar-refractivity contribution in [3.05, 3.63) is 29.1 Å². The first-order valence-corrected chi connectivity index (χ1v) is 7.78. The van der Waals surface area contributed by atoms with E-state index in [1.54, 1.807) is 6.92 Å². The first-order chi connectivity index (χ1) is 10.1. The maximum atomic E-state index is 11.7. The van der Waals surface area contributed by atoms with E-state index in [0.29, 0.717) is 23.7 Å². The number of hydrogen-bond acceptors (Lipinski definition) is 4. The van der Waals surface area contributed by atoms with Crippen LogP contribution in [0, 0.1) is 0 Å². The number of carboxylic acid groups (broad SMARTS) is 1. The van der Waals surface area contributed by atoms with Crippen LogP contribution >= 0.6 is 11.3 Å². The van der Waals surface area contributed by atoms with Crippen LogP contribution in [0.4, 0.5) is 0 Å². The molecule has 0 atom stereocenters. The molecule has 0 aliphatic carbocycles. The number of carbonyl (C=O) groups is 2. The molecule has 1 N–H and O–H groups in total. The zero-order valence-electron chi connectivity index (χ0n) is 11.9. The first kappa shape index (κ1) is 15.5. The quantitative estimate of drug-likeness (QED) is 0.588. The summed E-state index contributed by atoms with van der Waals surface area (Å²) in [5.74, 6) is -0.0861. The normalized spacial score (nSPS) is 10.7. The first-order valence-electron chi connectivity index (χ1n) is 6.96. The second-order valence-electron chi connectivity index (χ2n) is 4.87. The van der Waals surface area contributed by atoms with Crippen molar-refractivity contribution in [1.82, 2.24) is 0 Å². The Morgan fingerprint density at radius 1 is 1.19 bits per heavy atom. The number of hydrogen-bond donors (Lipinski definition) is 1. The number of Topliss-reactive ketones (excluding diaryl/α,β-unsaturated/α-hetero) is 1. The zero-order valence-corrected chi connectivity index (χ0v) is 12.7. The highest BCUT2D eigenvalue weighted by Crippen LogP contribution is 2.38. The summed E-state index contributed by atoms with van der Waals surface area (Å²) in [4.78, 5) is 22.8. The average molecular weight is 306 g/mol. The van der Waals surface area contributed by atoms with Crippen molar-refractivity contribution >= 4 is 33.2 Å². The molecule has 2 rings (SSSR count). The topological polar surface area (TPSA) is 63.6 Å². The van der Waals surface area contributed by atoms with E-state index < -0.39 is 5.97 Å². The molecular formula is C16H18O4S. The maximum absolute atomic E-state index is 11.7. The third kappa shape index (κ3) is 4.04. The van der Waals surface area contributed by atoms with Gasteiger partial charge in [-0.25, -0.2) is 0 Å². The molecule has 0 unspecified atom stereocenters. The fourth-order valence-corrected chi connectivity index (χ4v) is 3.17. The zero-order chi connectivity index (χ0) is 15.2. The molecule has 0 spiro atoms. The monoisotopic (exact) mass is 306 g/mol. The average Bonchev–Trinajstić information content (AvgIpc) is 2.81. The smallest absolute Gasteiger partial charge is 0.303 e. The molecule has 0 amide bonds. The standard InChI is InChI=1S/C16H18O4S/c1-11(17)16-15(12-7-4-5-8-13(12)21-16)20-10-6-2-3-9-14(18)19/h4-5,7-8H,2-3,6,9-10H2,1H3,(H,18,19). The highest BCUT2D eigenvalue weighted by Gasteiger charge is 2.16. The van der Waals surface area contributed by atoms with E-state index in [4.69, 9.17) is 9.84 Å². The highest BCUT2D eigenvalue weighted by molar-refractivity contribution is 7.21. The minimum absolute atomic E-state index is 0.0112. The fraction of sp³-hybridized carbons (Fsp3) is 0.375. The van der Waals surface area contributed by atoms with Crippen LogP contribution in [0.5, 0.6) is 5.75 Å². The van der Waals surface area contributed by atoms with Crippen LogP contribution < -0.4 is 4.74 Å². The number of aliphatic carboxylic acids is 1. The Morgan fingerprint density at radius 2 is 1.95 bits per heavy atom. The number of thiophene rings is 1. The summed E-state index contributed by atoms with van der Waals surface area (Å²) in [6.45, 7) is 2.05. The molecule has 0 saturated carbocycles. The maximum Gasteiger partial charge on any atom is 0.303 e. The fourth-order valence-electron chi connectivity index (χ4n) is 2.13. The van der Waals surface area contributed by atoms with Crippen molar-refractivity contribution in [2.24, 2.45) is 0 Å². The Bertz CT molecular complexity index is 645. The summed E-state index contributed by atoms with van der Waals surface area (Å²) >= 11 is 1.45. The van der Waals surface area contributed by atoms with Gasteiger partial charge in [0.1, 0.15) is 10.6 Å². The number of ether oxygens (including phenoxy) is 1. The predicted molar refractivity (Wildman–Crippen MR) is 83.4 cm³/mol. The Kier molecular flexibility index (Phi) is 5.33. The van der Waals surface area contributed by atoms with Crippen molar-refractivity contribution in [3.8, 4) is 5.75 Å². The largest absolute Gasteiger partial charge is 0.491 e. The molecule has 0 aliphatic rings. The minimum Gasteiger partial charge on any atom is -0.491 e. The lowest BCUT2D eigenvalue weighted by Crippen LogP contribution is -2.01. The number of ketones is 1. The highest BCUT2D eigenvalue weighted by atomic mass is 32.1. The van der Waals surface area contributed by atoms with Gasteiger partial charge in [0.05, 0.1) is 6.61 Å². The Labute approximate surface area is 127 Å². The van der Waals surface area contributed by atoms with Gasteiger partial charge in [-0.3, -0.25) is 9.59 Å². The van der Waals surface area contributed by atoms with Crippen LogP contribution in [-0.4, -0.2) is 23.5 Å². The van der Waals surface area contributed by atoms with Crippen molar-refractivity contribution in [1.29, 1.82) is 0 Å². The molecule has 2 aromatic rings. The second-order valence-corrected chi connectivity index (χ2v) is 5.92. The van der Waals surface area contributed by atoms with Gasteiger partial charge < -0.3 is 9.84 Å². The van der Waals surface area contributed by atoms with E-state index >= 15 is 0 Å². The lowest BCUT2D eigenvalue weighted by atomic mass is 10.2. The van der Waals surface area contributed by atoms with Crippen LogP contribution in [0.15, 0.2) is 24.3 Å². The number of carboxylic acids is 1. The van der Waals surface area contributed by atoms with E-state index in [-0.39, 0.29) is 12.2 Å². The summed E-state index contributed by atoms with van der Waals surface area (Å²) in [5, 5.41) is 9.54. The Morgan fingerprint density at radius 3 is 2.67 bits per heavy atom. The van der Waals surface area contributed by atoms with E-state index in [1.807, 2.05) is 24.3 Å². The summed E-state index contributed by atoms with van der Waals surface area (Å²) < 4.78 is 6.85. The summed E-state index contributed by atoms with van der Waals surface area (Å²) in [5.41, 5.74) is 0. The molecule has 1 aromatic heterocycles. The van der Waals surface area contributed by atoms with Gasteiger partial charge in [-0.1, -0.05) is 12.1 Å². The van der Waals surface area contributed by atoms with Gasteiger partial charge in [0, 0.05) is 23.4 Å². The molecule has 5 heteroatoms. The van der Waals surface area contributed by atoms with Crippen molar-refractivity contribution < 1.29 is 19.4 Å². The van der Waals surface area contributed by atoms with Crippen LogP contribution in [-0.2, 0) is 4.79 Å². The molecule has 4 nitrogen and oxygen atoms in total. The molecule has 0 bridgehead atoms. The summed E-state index contributed by atoms with van der Waals surface area (Å²) in [7, 11) is 0. The van der Waals surface area contributed by atoms with Crippen molar-refractivity contribution in [2.75, 3.05) is 6.61 Å². The lowest BCUT2D eigenvalue weighted by Gasteiger charge is -2.06. The molecule has 21 heavy (non-hydrogen) atoms. The minimum atomic E-state index is -0.765. The van der Waals surface area contributed by atoms with Crippen molar-refractivity contribution in [2.45, 2.75) is 32.6 Å². The van der Waals surface area contributed by atoms with Gasteiger partial charge in [-0.2, -0.15) is 0 Å². The molecule has 0 saturated heterocycles. The Balaban J connectivity index is 1.99. The third-order valence-electron chi connectivity index (χ3n) is 3.15. The van der Waals surface area contributed by atoms with E-state index in [1.165, 1.54) is 11.3 Å². The van der Waals surface area contributed by atoms with Crippen LogP contribution in [0.3, 0.4) is 0 Å². The second kappa shape index (κ2) is 7.22. The molecule has 1 aromatic carbocycles. The van der Waals surface area contributed by atoms with Gasteiger partial charge in [0.2, 0.25) is 0 Å². The van der Waals surface area contributed by atoms with Gasteiger partial charge in [-0.05, 0) is 31.4 Å². The van der Waals surface area contributed by atoms with Crippen LogP contribution in [0.25, 0.3) is 10.1 Å². The summed E-state index contributed by atoms with van der Waals surface area (Å²) in [6, 6.07) is 7.81. The van der Waals surface area contributed by atoms with E-state index in [9.17, 15) is 9.59 Å². The SMILES string of the molecule is CC(=O)c1sc2ccccc2c1OCCCCCC(=O)O. The number of fused-ring (bicyclic) bond motifs is 1. The van der Waals surface area contributed by atoms with E-state index in [2.05, 4.69) is 0 Å². The molecule has 0 aliphatic heterocycles. The van der Waals surface area contributed by atoms with Crippen LogP contribution in [0.1, 0.15) is 42.3 Å². The van der Waals surface area contributed by atoms with Gasteiger partial charge in [-0.15, -0.1) is 11.3 Å².